The average molecular weight is 491 g/mol. The molecule has 1 aliphatic carbocycles. The van der Waals surface area contributed by atoms with E-state index in [4.69, 9.17) is 0 Å². The molecule has 10 heteroatoms. The van der Waals surface area contributed by atoms with E-state index >= 15 is 0 Å². The predicted octanol–water partition coefficient (Wildman–Crippen LogP) is 5.18. The number of carbonyl (C=O) groups is 2. The van der Waals surface area contributed by atoms with Crippen LogP contribution in [0, 0.1) is 5.92 Å². The number of amides is 3. The van der Waals surface area contributed by atoms with Crippen LogP contribution in [-0.2, 0) is 10.5 Å². The Morgan fingerprint density at radius 3 is 2.14 bits per heavy atom. The van der Waals surface area contributed by atoms with E-state index in [1.807, 2.05) is 12.1 Å². The lowest BCUT2D eigenvalue weighted by Crippen LogP contribution is -2.66. The van der Waals surface area contributed by atoms with Crippen LogP contribution in [0.3, 0.4) is 0 Å². The molecule has 3 amide bonds. The number of benzene rings is 1. The summed E-state index contributed by atoms with van der Waals surface area (Å²) in [5.41, 5.74) is -1.21. The number of imide groups is 1. The summed E-state index contributed by atoms with van der Waals surface area (Å²) in [4.78, 5) is 34.5. The van der Waals surface area contributed by atoms with Gasteiger partial charge in [-0.15, -0.1) is 13.2 Å². The normalized spacial score (nSPS) is 20.7. The fourth-order valence-corrected chi connectivity index (χ4v) is 5.55. The van der Waals surface area contributed by atoms with Gasteiger partial charge in [0.1, 0.15) is 17.0 Å². The quantitative estimate of drug-likeness (QED) is 0.565. The largest absolute Gasteiger partial charge is 0.573 e. The molecular weight excluding hydrogens is 461 g/mol. The van der Waals surface area contributed by atoms with Crippen molar-refractivity contribution in [3.63, 3.8) is 0 Å². The maximum absolute atomic E-state index is 14.0. The number of hydrogen-bond donors (Lipinski definition) is 1. The molecule has 2 aromatic rings. The Balaban J connectivity index is 1.79. The number of alkyl halides is 3. The van der Waals surface area contributed by atoms with Gasteiger partial charge in [0, 0.05) is 18.3 Å². The average Bonchev–Trinajstić information content (AvgIpc) is 3.01. The molecule has 2 heterocycles. The number of ether oxygens (including phenoxy) is 1. The second-order valence-electron chi connectivity index (χ2n) is 9.45. The van der Waals surface area contributed by atoms with Crippen LogP contribution in [0.4, 0.5) is 23.7 Å². The first-order chi connectivity index (χ1) is 16.5. The first kappa shape index (κ1) is 25.0. The third-order valence-corrected chi connectivity index (χ3v) is 7.05. The zero-order chi connectivity index (χ0) is 25.4. The Labute approximate surface area is 202 Å². The summed E-state index contributed by atoms with van der Waals surface area (Å²) in [5.74, 6) is -0.848. The third kappa shape index (κ3) is 4.35. The van der Waals surface area contributed by atoms with E-state index in [0.717, 1.165) is 54.7 Å². The second-order valence-corrected chi connectivity index (χ2v) is 9.45. The van der Waals surface area contributed by atoms with Gasteiger partial charge in [0.05, 0.1) is 5.69 Å². The van der Waals surface area contributed by atoms with Crippen LogP contribution in [0.2, 0.25) is 0 Å². The van der Waals surface area contributed by atoms with Gasteiger partial charge in [-0.05, 0) is 75.7 Å². The Morgan fingerprint density at radius 2 is 1.60 bits per heavy atom. The molecule has 1 N–H and O–H groups in total. The van der Waals surface area contributed by atoms with Gasteiger partial charge in [-0.25, -0.2) is 9.69 Å². The molecule has 1 unspecified atom stereocenters. The molecule has 1 aliphatic heterocycles. The van der Waals surface area contributed by atoms with Crippen molar-refractivity contribution < 1.29 is 27.5 Å². The van der Waals surface area contributed by atoms with E-state index in [1.54, 1.807) is 38.2 Å². The molecule has 4 rings (SSSR count). The van der Waals surface area contributed by atoms with Gasteiger partial charge in [0.25, 0.3) is 5.91 Å². The Kier molecular flexibility index (Phi) is 6.52. The van der Waals surface area contributed by atoms with Crippen LogP contribution >= 0.6 is 0 Å². The highest BCUT2D eigenvalue weighted by atomic mass is 19.4. The number of rotatable bonds is 6. The van der Waals surface area contributed by atoms with E-state index in [9.17, 15) is 22.8 Å². The lowest BCUT2D eigenvalue weighted by molar-refractivity contribution is -0.274. The molecule has 0 radical (unpaired) electrons. The van der Waals surface area contributed by atoms with Crippen LogP contribution in [-0.4, -0.2) is 40.8 Å². The van der Waals surface area contributed by atoms with Crippen molar-refractivity contribution in [2.75, 3.05) is 11.9 Å². The van der Waals surface area contributed by atoms with E-state index in [1.165, 1.54) is 12.1 Å². The molecule has 1 aromatic carbocycles. The molecule has 1 saturated heterocycles. The topological polar surface area (TPSA) is 74.8 Å². The van der Waals surface area contributed by atoms with Gasteiger partial charge in [-0.2, -0.15) is 0 Å². The van der Waals surface area contributed by atoms with Crippen molar-refractivity contribution in [2.24, 2.45) is 5.92 Å². The first-order valence-corrected chi connectivity index (χ1v) is 11.7. The second kappa shape index (κ2) is 9.14. The highest BCUT2D eigenvalue weighted by Gasteiger charge is 2.61. The Hall–Kier alpha value is -3.14. The predicted molar refractivity (Wildman–Crippen MR) is 123 cm³/mol. The van der Waals surface area contributed by atoms with E-state index in [0.29, 0.717) is 0 Å². The van der Waals surface area contributed by atoms with Crippen molar-refractivity contribution in [3.8, 4) is 5.75 Å². The number of carbonyl (C=O) groups excluding carboxylic acids is 2. The number of urea groups is 1. The monoisotopic (exact) mass is 490 g/mol. The number of anilines is 1. The lowest BCUT2D eigenvalue weighted by Gasteiger charge is -2.52. The number of halogens is 3. The SMILES string of the molecule is CNC(c1ccncc1)(C1CCCCC1)N1C(=O)N(c2ccc(OC(F)(F)F)cc2)C(=O)C1(C)C. The minimum Gasteiger partial charge on any atom is -0.406 e. The van der Waals surface area contributed by atoms with Crippen molar-refractivity contribution >= 4 is 17.6 Å². The summed E-state index contributed by atoms with van der Waals surface area (Å²) in [5, 5.41) is 3.41. The summed E-state index contributed by atoms with van der Waals surface area (Å²) < 4.78 is 41.6. The molecule has 188 valence electrons. The van der Waals surface area contributed by atoms with Gasteiger partial charge in [0.2, 0.25) is 0 Å². The standard InChI is InChI=1S/C25H29F3N4O3/c1-23(2)21(33)31(19-9-11-20(12-10-19)35-25(26,27)28)22(34)32(23)24(29-3,17-7-5-4-6-8-17)18-13-15-30-16-14-18/h9-17,29H,4-8H2,1-3H3. The molecule has 1 aromatic heterocycles. The fourth-order valence-electron chi connectivity index (χ4n) is 5.55. The number of hydrogen-bond acceptors (Lipinski definition) is 5. The summed E-state index contributed by atoms with van der Waals surface area (Å²) in [6.07, 6.45) is 3.38. The van der Waals surface area contributed by atoms with Crippen molar-refractivity contribution in [2.45, 2.75) is 63.5 Å². The van der Waals surface area contributed by atoms with Crippen LogP contribution in [0.15, 0.2) is 48.8 Å². The highest BCUT2D eigenvalue weighted by molar-refractivity contribution is 6.23. The fraction of sp³-hybridized carbons (Fsp3) is 0.480. The minimum atomic E-state index is -4.84. The van der Waals surface area contributed by atoms with Crippen LogP contribution in [0.5, 0.6) is 5.75 Å². The number of aromatic nitrogens is 1. The van der Waals surface area contributed by atoms with Gasteiger partial charge in [0.15, 0.2) is 0 Å². The molecule has 2 aliphatic rings. The summed E-state index contributed by atoms with van der Waals surface area (Å²) in [7, 11) is 1.79. The zero-order valence-electron chi connectivity index (χ0n) is 19.9. The minimum absolute atomic E-state index is 0.0437. The van der Waals surface area contributed by atoms with Crippen molar-refractivity contribution in [3.05, 3.63) is 54.4 Å². The summed E-state index contributed by atoms with van der Waals surface area (Å²) in [6, 6.07) is 7.91. The van der Waals surface area contributed by atoms with Crippen LogP contribution < -0.4 is 15.0 Å². The Bertz CT molecular complexity index is 1070. The maximum Gasteiger partial charge on any atom is 0.573 e. The molecule has 7 nitrogen and oxygen atoms in total. The number of pyridine rings is 1. The Morgan fingerprint density at radius 1 is 1.00 bits per heavy atom. The van der Waals surface area contributed by atoms with Crippen LogP contribution in [0.1, 0.15) is 51.5 Å². The molecule has 2 fully saturated rings. The molecule has 0 spiro atoms. The highest BCUT2D eigenvalue weighted by Crippen LogP contribution is 2.48. The van der Waals surface area contributed by atoms with E-state index < -0.39 is 35.3 Å². The van der Waals surface area contributed by atoms with Crippen molar-refractivity contribution in [1.82, 2.24) is 15.2 Å². The first-order valence-electron chi connectivity index (χ1n) is 11.7. The van der Waals surface area contributed by atoms with E-state index in [-0.39, 0.29) is 11.6 Å². The van der Waals surface area contributed by atoms with Gasteiger partial charge in [-0.1, -0.05) is 19.3 Å². The molecule has 0 bridgehead atoms. The van der Waals surface area contributed by atoms with Gasteiger partial charge in [-0.3, -0.25) is 20.0 Å². The summed E-state index contributed by atoms with van der Waals surface area (Å²) >= 11 is 0. The third-order valence-electron chi connectivity index (χ3n) is 7.05. The molecule has 1 saturated carbocycles. The number of nitrogens with zero attached hydrogens (tertiary/aromatic N) is 3. The summed E-state index contributed by atoms with van der Waals surface area (Å²) in [6.45, 7) is 3.40. The van der Waals surface area contributed by atoms with E-state index in [2.05, 4.69) is 15.0 Å². The number of nitrogens with one attached hydrogen (secondary N) is 1. The van der Waals surface area contributed by atoms with Gasteiger partial charge < -0.3 is 4.74 Å². The molecule has 35 heavy (non-hydrogen) atoms. The van der Waals surface area contributed by atoms with Crippen molar-refractivity contribution in [1.29, 1.82) is 0 Å². The molecular formula is C25H29F3N4O3. The van der Waals surface area contributed by atoms with Gasteiger partial charge >= 0.3 is 12.4 Å². The smallest absolute Gasteiger partial charge is 0.406 e. The maximum atomic E-state index is 14.0. The van der Waals surface area contributed by atoms with Crippen LogP contribution in [0.25, 0.3) is 0 Å². The zero-order valence-corrected chi connectivity index (χ0v) is 19.9. The molecule has 1 atom stereocenters. The lowest BCUT2D eigenvalue weighted by atomic mass is 9.74.